The number of benzene rings is 1. The molecule has 1 aromatic heterocycles. The van der Waals surface area contributed by atoms with Crippen molar-refractivity contribution < 1.29 is 22.7 Å². The standard InChI is InChI=1S/C17H19F3N2O2S/c18-17(19,20)12-24-8-4-7-21-15(23)10-14-11-25-16(22-14)9-13-5-2-1-3-6-13/h1-3,5-6,11H,4,7-10,12H2,(H,21,23). The normalized spacial score (nSPS) is 11.5. The van der Waals surface area contributed by atoms with E-state index < -0.39 is 12.8 Å². The topological polar surface area (TPSA) is 51.2 Å². The fraction of sp³-hybridized carbons (Fsp3) is 0.412. The Bertz CT molecular complexity index is 659. The minimum atomic E-state index is -4.31. The molecule has 1 heterocycles. The molecule has 2 aromatic rings. The highest BCUT2D eigenvalue weighted by atomic mass is 32.1. The fourth-order valence-electron chi connectivity index (χ4n) is 2.10. The largest absolute Gasteiger partial charge is 0.411 e. The molecule has 0 fully saturated rings. The van der Waals surface area contributed by atoms with Crippen molar-refractivity contribution in [3.8, 4) is 0 Å². The monoisotopic (exact) mass is 372 g/mol. The molecule has 0 bridgehead atoms. The number of amides is 1. The molecule has 8 heteroatoms. The molecule has 4 nitrogen and oxygen atoms in total. The summed E-state index contributed by atoms with van der Waals surface area (Å²) in [7, 11) is 0. The van der Waals surface area contributed by atoms with E-state index in [1.54, 1.807) is 0 Å². The van der Waals surface area contributed by atoms with Gasteiger partial charge in [0.2, 0.25) is 5.91 Å². The van der Waals surface area contributed by atoms with Crippen LogP contribution in [0.1, 0.15) is 22.7 Å². The number of hydrogen-bond donors (Lipinski definition) is 1. The van der Waals surface area contributed by atoms with Crippen LogP contribution in [0.5, 0.6) is 0 Å². The predicted octanol–water partition coefficient (Wildman–Crippen LogP) is 3.36. The van der Waals surface area contributed by atoms with Gasteiger partial charge in [-0.15, -0.1) is 11.3 Å². The molecule has 1 N–H and O–H groups in total. The fourth-order valence-corrected chi connectivity index (χ4v) is 2.93. The number of hydrogen-bond acceptors (Lipinski definition) is 4. The van der Waals surface area contributed by atoms with Gasteiger partial charge in [0, 0.05) is 25.0 Å². The Morgan fingerprint density at radius 1 is 1.24 bits per heavy atom. The zero-order valence-electron chi connectivity index (χ0n) is 13.5. The molecule has 1 amide bonds. The Balaban J connectivity index is 1.64. The molecule has 0 saturated heterocycles. The quantitative estimate of drug-likeness (QED) is 0.687. The maximum atomic E-state index is 11.9. The maximum Gasteiger partial charge on any atom is 0.411 e. The third kappa shape index (κ3) is 8.13. The highest BCUT2D eigenvalue weighted by Gasteiger charge is 2.27. The van der Waals surface area contributed by atoms with Crippen LogP contribution >= 0.6 is 11.3 Å². The summed E-state index contributed by atoms with van der Waals surface area (Å²) < 4.78 is 40.1. The van der Waals surface area contributed by atoms with Crippen LogP contribution in [0.3, 0.4) is 0 Å². The first-order chi connectivity index (χ1) is 11.9. The SMILES string of the molecule is O=C(Cc1csc(Cc2ccccc2)n1)NCCCOCC(F)(F)F. The van der Waals surface area contributed by atoms with Crippen molar-refractivity contribution in [3.63, 3.8) is 0 Å². The van der Waals surface area contributed by atoms with Crippen molar-refractivity contribution in [1.82, 2.24) is 10.3 Å². The summed E-state index contributed by atoms with van der Waals surface area (Å²) in [5.74, 6) is -0.201. The lowest BCUT2D eigenvalue weighted by Crippen LogP contribution is -2.27. The van der Waals surface area contributed by atoms with Gasteiger partial charge in [0.15, 0.2) is 0 Å². The van der Waals surface area contributed by atoms with Crippen LogP contribution in [-0.4, -0.2) is 36.8 Å². The molecular formula is C17H19F3N2O2S. The number of alkyl halides is 3. The van der Waals surface area contributed by atoms with Gasteiger partial charge >= 0.3 is 6.18 Å². The van der Waals surface area contributed by atoms with Gasteiger partial charge < -0.3 is 10.1 Å². The van der Waals surface area contributed by atoms with Crippen LogP contribution in [0.2, 0.25) is 0 Å². The van der Waals surface area contributed by atoms with E-state index in [4.69, 9.17) is 0 Å². The van der Waals surface area contributed by atoms with Gasteiger partial charge in [-0.05, 0) is 12.0 Å². The molecule has 136 valence electrons. The molecule has 0 aliphatic rings. The summed E-state index contributed by atoms with van der Waals surface area (Å²) >= 11 is 1.51. The van der Waals surface area contributed by atoms with E-state index in [0.717, 1.165) is 17.0 Å². The zero-order valence-corrected chi connectivity index (χ0v) is 14.3. The Hall–Kier alpha value is -1.93. The van der Waals surface area contributed by atoms with Crippen LogP contribution in [0.4, 0.5) is 13.2 Å². The van der Waals surface area contributed by atoms with Crippen molar-refractivity contribution in [2.45, 2.75) is 25.4 Å². The minimum absolute atomic E-state index is 0.0439. The summed E-state index contributed by atoms with van der Waals surface area (Å²) in [5.41, 5.74) is 1.86. The number of carbonyl (C=O) groups excluding carboxylic acids is 1. The lowest BCUT2D eigenvalue weighted by molar-refractivity contribution is -0.174. The lowest BCUT2D eigenvalue weighted by atomic mass is 10.2. The van der Waals surface area contributed by atoms with Crippen LogP contribution in [0.15, 0.2) is 35.7 Å². The van der Waals surface area contributed by atoms with E-state index in [9.17, 15) is 18.0 Å². The number of carbonyl (C=O) groups is 1. The second-order valence-corrected chi connectivity index (χ2v) is 6.39. The number of thiazole rings is 1. The van der Waals surface area contributed by atoms with E-state index in [1.165, 1.54) is 11.3 Å². The van der Waals surface area contributed by atoms with Gasteiger partial charge in [-0.25, -0.2) is 4.98 Å². The first-order valence-electron chi connectivity index (χ1n) is 7.81. The van der Waals surface area contributed by atoms with Crippen molar-refractivity contribution in [2.75, 3.05) is 19.8 Å². The second-order valence-electron chi connectivity index (χ2n) is 5.44. The minimum Gasteiger partial charge on any atom is -0.372 e. The number of ether oxygens (including phenoxy) is 1. The Labute approximate surface area is 148 Å². The number of rotatable bonds is 9. The van der Waals surface area contributed by atoms with E-state index in [1.807, 2.05) is 35.7 Å². The van der Waals surface area contributed by atoms with E-state index >= 15 is 0 Å². The average molecular weight is 372 g/mol. The highest BCUT2D eigenvalue weighted by molar-refractivity contribution is 7.09. The van der Waals surface area contributed by atoms with Gasteiger partial charge in [0.05, 0.1) is 17.1 Å². The molecule has 25 heavy (non-hydrogen) atoms. The van der Waals surface area contributed by atoms with E-state index in [-0.39, 0.29) is 25.5 Å². The molecule has 1 aromatic carbocycles. The summed E-state index contributed by atoms with van der Waals surface area (Å²) in [6.07, 6.45) is -3.10. The van der Waals surface area contributed by atoms with Crippen molar-refractivity contribution in [3.05, 3.63) is 52.0 Å². The molecule has 2 rings (SSSR count). The lowest BCUT2D eigenvalue weighted by Gasteiger charge is -2.08. The highest BCUT2D eigenvalue weighted by Crippen LogP contribution is 2.15. The van der Waals surface area contributed by atoms with Crippen molar-refractivity contribution >= 4 is 17.2 Å². The van der Waals surface area contributed by atoms with Crippen LogP contribution in [-0.2, 0) is 22.4 Å². The number of nitrogens with one attached hydrogen (secondary N) is 1. The molecule has 0 unspecified atom stereocenters. The summed E-state index contributed by atoms with van der Waals surface area (Å²) in [4.78, 5) is 16.2. The van der Waals surface area contributed by atoms with Gasteiger partial charge in [0.25, 0.3) is 0 Å². The summed E-state index contributed by atoms with van der Waals surface area (Å²) in [6.45, 7) is -1.03. The molecule has 0 atom stereocenters. The van der Waals surface area contributed by atoms with Crippen LogP contribution in [0, 0.1) is 0 Å². The van der Waals surface area contributed by atoms with Gasteiger partial charge in [-0.1, -0.05) is 30.3 Å². The molecule has 0 aliphatic heterocycles. The third-order valence-electron chi connectivity index (χ3n) is 3.19. The van der Waals surface area contributed by atoms with Crippen LogP contribution in [0.25, 0.3) is 0 Å². The molecule has 0 aliphatic carbocycles. The summed E-state index contributed by atoms with van der Waals surface area (Å²) in [6, 6.07) is 9.93. The first-order valence-corrected chi connectivity index (χ1v) is 8.69. The smallest absolute Gasteiger partial charge is 0.372 e. The molecule has 0 spiro atoms. The van der Waals surface area contributed by atoms with E-state index in [2.05, 4.69) is 15.0 Å². The third-order valence-corrected chi connectivity index (χ3v) is 4.09. The maximum absolute atomic E-state index is 11.9. The molecule has 0 radical (unpaired) electrons. The Morgan fingerprint density at radius 3 is 2.72 bits per heavy atom. The molecule has 0 saturated carbocycles. The van der Waals surface area contributed by atoms with Crippen molar-refractivity contribution in [2.24, 2.45) is 0 Å². The predicted molar refractivity (Wildman–Crippen MR) is 89.6 cm³/mol. The number of halogens is 3. The average Bonchev–Trinajstić information content (AvgIpc) is 2.97. The number of aromatic nitrogens is 1. The Morgan fingerprint density at radius 2 is 2.00 bits per heavy atom. The summed E-state index contributed by atoms with van der Waals surface area (Å²) in [5, 5.41) is 5.44. The second kappa shape index (κ2) is 9.53. The van der Waals surface area contributed by atoms with Gasteiger partial charge in [-0.3, -0.25) is 4.79 Å². The zero-order chi connectivity index (χ0) is 18.1. The van der Waals surface area contributed by atoms with Crippen LogP contribution < -0.4 is 5.32 Å². The van der Waals surface area contributed by atoms with Crippen molar-refractivity contribution in [1.29, 1.82) is 0 Å². The Kier molecular flexibility index (Phi) is 7.39. The molecular weight excluding hydrogens is 353 g/mol. The van der Waals surface area contributed by atoms with Gasteiger partial charge in [-0.2, -0.15) is 13.2 Å². The first kappa shape index (κ1) is 19.4. The van der Waals surface area contributed by atoms with Gasteiger partial charge in [0.1, 0.15) is 6.61 Å². The van der Waals surface area contributed by atoms with E-state index in [0.29, 0.717) is 12.1 Å². The number of nitrogens with zero attached hydrogens (tertiary/aromatic N) is 1.